The Morgan fingerprint density at radius 1 is 0.969 bits per heavy atom. The highest BCUT2D eigenvalue weighted by molar-refractivity contribution is 5.81. The fraction of sp³-hybridized carbons (Fsp3) is 0.966. The van der Waals surface area contributed by atoms with Crippen molar-refractivity contribution in [2.45, 2.75) is 111 Å². The van der Waals surface area contributed by atoms with E-state index in [1.165, 1.54) is 38.5 Å². The highest BCUT2D eigenvalue weighted by Gasteiger charge is 2.61. The summed E-state index contributed by atoms with van der Waals surface area (Å²) >= 11 is 0. The van der Waals surface area contributed by atoms with Gasteiger partial charge in [-0.3, -0.25) is 4.79 Å². The minimum Gasteiger partial charge on any atom is -0.387 e. The molecule has 0 bridgehead atoms. The topological polar surface area (TPSA) is 46.5 Å². The maximum Gasteiger partial charge on any atom is 0.136 e. The van der Waals surface area contributed by atoms with Crippen molar-refractivity contribution in [2.24, 2.45) is 52.3 Å². The van der Waals surface area contributed by atoms with Crippen LogP contribution in [0.2, 0.25) is 0 Å². The minimum atomic E-state index is -0.612. The van der Waals surface area contributed by atoms with Crippen LogP contribution < -0.4 is 0 Å². The van der Waals surface area contributed by atoms with Crippen LogP contribution in [-0.4, -0.2) is 30.2 Å². The van der Waals surface area contributed by atoms with Crippen molar-refractivity contribution in [1.82, 2.24) is 0 Å². The van der Waals surface area contributed by atoms with Gasteiger partial charge >= 0.3 is 0 Å². The van der Waals surface area contributed by atoms with Crippen molar-refractivity contribution >= 4 is 5.78 Å². The van der Waals surface area contributed by atoms with E-state index in [1.807, 2.05) is 0 Å². The van der Waals surface area contributed by atoms with Gasteiger partial charge in [-0.15, -0.1) is 0 Å². The fourth-order valence-corrected chi connectivity index (χ4v) is 9.47. The predicted octanol–water partition coefficient (Wildman–Crippen LogP) is 6.66. The second-order valence-electron chi connectivity index (χ2n) is 13.4. The Morgan fingerprint density at radius 3 is 2.38 bits per heavy atom. The van der Waals surface area contributed by atoms with Crippen molar-refractivity contribution in [3.8, 4) is 0 Å². The van der Waals surface area contributed by atoms with Gasteiger partial charge in [-0.1, -0.05) is 34.6 Å². The maximum atomic E-state index is 13.1. The molecular weight excluding hydrogens is 396 g/mol. The van der Waals surface area contributed by atoms with Gasteiger partial charge in [0.05, 0.1) is 12.2 Å². The van der Waals surface area contributed by atoms with E-state index in [9.17, 15) is 9.90 Å². The van der Waals surface area contributed by atoms with Gasteiger partial charge in [-0.2, -0.15) is 0 Å². The molecular formula is C29H50O3. The number of rotatable bonds is 7. The number of hydrogen-bond donors (Lipinski definition) is 1. The lowest BCUT2D eigenvalue weighted by atomic mass is 9.43. The van der Waals surface area contributed by atoms with Gasteiger partial charge < -0.3 is 9.84 Å². The van der Waals surface area contributed by atoms with Crippen LogP contribution in [0.3, 0.4) is 0 Å². The molecule has 32 heavy (non-hydrogen) atoms. The highest BCUT2D eigenvalue weighted by atomic mass is 16.5. The van der Waals surface area contributed by atoms with Crippen molar-refractivity contribution in [3.05, 3.63) is 0 Å². The zero-order valence-electron chi connectivity index (χ0n) is 21.8. The number of carbonyl (C=O) groups is 1. The van der Waals surface area contributed by atoms with Crippen LogP contribution in [0.15, 0.2) is 0 Å². The predicted molar refractivity (Wildman–Crippen MR) is 130 cm³/mol. The zero-order valence-corrected chi connectivity index (χ0v) is 21.8. The molecule has 0 aromatic carbocycles. The van der Waals surface area contributed by atoms with Crippen molar-refractivity contribution < 1.29 is 14.6 Å². The summed E-state index contributed by atoms with van der Waals surface area (Å²) in [6.07, 6.45) is 12.6. The van der Waals surface area contributed by atoms with E-state index in [0.717, 1.165) is 49.9 Å². The van der Waals surface area contributed by atoms with Crippen LogP contribution in [0.25, 0.3) is 0 Å². The Kier molecular flexibility index (Phi) is 6.94. The average Bonchev–Trinajstić information content (AvgIpc) is 3.09. The first kappa shape index (κ1) is 24.7. The Bertz CT molecular complexity index is 688. The van der Waals surface area contributed by atoms with Gasteiger partial charge in [-0.05, 0) is 111 Å². The molecule has 1 N–H and O–H groups in total. The van der Waals surface area contributed by atoms with Gasteiger partial charge in [-0.25, -0.2) is 0 Å². The second-order valence-corrected chi connectivity index (χ2v) is 13.4. The molecule has 4 fully saturated rings. The Balaban J connectivity index is 1.48. The molecule has 0 amide bonds. The van der Waals surface area contributed by atoms with Gasteiger partial charge in [0.1, 0.15) is 5.78 Å². The molecule has 0 heterocycles. The third kappa shape index (κ3) is 4.12. The third-order valence-corrected chi connectivity index (χ3v) is 11.4. The summed E-state index contributed by atoms with van der Waals surface area (Å²) in [5.41, 5.74) is 0.114. The smallest absolute Gasteiger partial charge is 0.136 e. The molecule has 4 aliphatic carbocycles. The van der Waals surface area contributed by atoms with Gasteiger partial charge in [0.25, 0.3) is 0 Å². The van der Waals surface area contributed by atoms with Crippen molar-refractivity contribution in [2.75, 3.05) is 13.7 Å². The summed E-state index contributed by atoms with van der Waals surface area (Å²) in [6.45, 7) is 12.3. The molecule has 0 radical (unpaired) electrons. The zero-order chi connectivity index (χ0) is 23.3. The largest absolute Gasteiger partial charge is 0.387 e. The van der Waals surface area contributed by atoms with E-state index >= 15 is 0 Å². The SMILES string of the molecule is COC[C@]1(O)CC[C@@]2(C)C(CC[C@H]3[C@@H]4CC[C@H]([C@H](C)C(=O)CCC(C)C)[C@@]4(C)CC[C@@H]32)C1. The number of aliphatic hydroxyl groups is 1. The number of fused-ring (bicyclic) bond motifs is 5. The minimum absolute atomic E-state index is 0.228. The normalized spacial score (nSPS) is 46.9. The monoisotopic (exact) mass is 446 g/mol. The van der Waals surface area contributed by atoms with Gasteiger partial charge in [0.15, 0.2) is 0 Å². The molecule has 1 unspecified atom stereocenters. The first-order valence-corrected chi connectivity index (χ1v) is 13.8. The van der Waals surface area contributed by atoms with Gasteiger partial charge in [0.2, 0.25) is 0 Å². The summed E-state index contributed by atoms with van der Waals surface area (Å²) in [4.78, 5) is 13.1. The molecule has 4 saturated carbocycles. The van der Waals surface area contributed by atoms with Crippen LogP contribution in [0, 0.1) is 52.3 Å². The lowest BCUT2D eigenvalue weighted by Crippen LogP contribution is -2.56. The lowest BCUT2D eigenvalue weighted by Gasteiger charge is -2.62. The number of ether oxygens (including phenoxy) is 1. The quantitative estimate of drug-likeness (QED) is 0.475. The summed E-state index contributed by atoms with van der Waals surface area (Å²) < 4.78 is 5.38. The Hall–Kier alpha value is -0.410. The maximum absolute atomic E-state index is 13.1. The summed E-state index contributed by atoms with van der Waals surface area (Å²) in [5.74, 6) is 5.00. The number of methoxy groups -OCH3 is 1. The highest BCUT2D eigenvalue weighted by Crippen LogP contribution is 2.68. The van der Waals surface area contributed by atoms with E-state index < -0.39 is 5.60 Å². The molecule has 4 rings (SSSR count). The van der Waals surface area contributed by atoms with Crippen LogP contribution in [0.5, 0.6) is 0 Å². The number of Topliss-reactive ketones (excluding diaryl/α,β-unsaturated/α-hetero) is 1. The molecule has 0 spiro atoms. The van der Waals surface area contributed by atoms with E-state index in [2.05, 4.69) is 34.6 Å². The molecule has 9 atom stereocenters. The van der Waals surface area contributed by atoms with Crippen LogP contribution in [0.1, 0.15) is 105 Å². The Labute approximate surface area is 197 Å². The first-order valence-electron chi connectivity index (χ1n) is 13.8. The molecule has 3 heteroatoms. The van der Waals surface area contributed by atoms with E-state index in [-0.39, 0.29) is 5.92 Å². The molecule has 0 aliphatic heterocycles. The molecule has 3 nitrogen and oxygen atoms in total. The molecule has 4 aliphatic rings. The molecule has 184 valence electrons. The second kappa shape index (κ2) is 8.99. The number of hydrogen-bond acceptors (Lipinski definition) is 3. The summed E-state index contributed by atoms with van der Waals surface area (Å²) in [5, 5.41) is 11.1. The lowest BCUT2D eigenvalue weighted by molar-refractivity contribution is -0.164. The van der Waals surface area contributed by atoms with Crippen LogP contribution >= 0.6 is 0 Å². The Morgan fingerprint density at radius 2 is 1.69 bits per heavy atom. The summed E-state index contributed by atoms with van der Waals surface area (Å²) in [7, 11) is 1.72. The molecule has 0 aromatic rings. The van der Waals surface area contributed by atoms with Crippen molar-refractivity contribution in [3.63, 3.8) is 0 Å². The first-order chi connectivity index (χ1) is 15.0. The van der Waals surface area contributed by atoms with Crippen LogP contribution in [0.4, 0.5) is 0 Å². The van der Waals surface area contributed by atoms with Gasteiger partial charge in [0, 0.05) is 19.4 Å². The van der Waals surface area contributed by atoms with Crippen LogP contribution in [-0.2, 0) is 9.53 Å². The van der Waals surface area contributed by atoms with E-state index in [0.29, 0.717) is 41.0 Å². The summed E-state index contributed by atoms with van der Waals surface area (Å²) in [6, 6.07) is 0. The molecule has 0 saturated heterocycles. The number of ketones is 1. The molecule has 0 aromatic heterocycles. The average molecular weight is 447 g/mol. The number of carbonyl (C=O) groups excluding carboxylic acids is 1. The van der Waals surface area contributed by atoms with Crippen molar-refractivity contribution in [1.29, 1.82) is 0 Å². The standard InChI is InChI=1S/C29H50O3/c1-19(2)7-12-26(30)20(3)23-10-11-24-22-9-8-21-17-29(31,18-32-6)16-15-27(21,4)25(22)13-14-28(23,24)5/h19-25,31H,7-18H2,1-6H3/t20-,21?,22-,23+,24-,25-,27-,28+,29-/m0/s1. The van der Waals surface area contributed by atoms with E-state index in [4.69, 9.17) is 4.74 Å². The van der Waals surface area contributed by atoms with E-state index in [1.54, 1.807) is 7.11 Å². The third-order valence-electron chi connectivity index (χ3n) is 11.4. The fourth-order valence-electron chi connectivity index (χ4n) is 9.47.